The number of hydrogen-bond acceptors (Lipinski definition) is 2. The van der Waals surface area contributed by atoms with Crippen LogP contribution in [0.2, 0.25) is 20.1 Å². The lowest BCUT2D eigenvalue weighted by Crippen LogP contribution is -2.50. The van der Waals surface area contributed by atoms with Gasteiger partial charge < -0.3 is 10.2 Å². The second-order valence-electron chi connectivity index (χ2n) is 7.71. The first-order valence-electron chi connectivity index (χ1n) is 10.1. The molecular weight excluding hydrogens is 478 g/mol. The molecule has 0 aliphatic rings. The van der Waals surface area contributed by atoms with Crippen molar-refractivity contribution in [2.24, 2.45) is 5.92 Å². The zero-order chi connectivity index (χ0) is 23.1. The molecule has 0 radical (unpaired) electrons. The predicted molar refractivity (Wildman–Crippen MR) is 129 cm³/mol. The maximum absolute atomic E-state index is 13.4. The van der Waals surface area contributed by atoms with Gasteiger partial charge >= 0.3 is 0 Å². The van der Waals surface area contributed by atoms with Crippen LogP contribution < -0.4 is 5.32 Å². The largest absolute Gasteiger partial charge is 0.354 e. The van der Waals surface area contributed by atoms with Crippen molar-refractivity contribution in [1.29, 1.82) is 0 Å². The molecule has 2 rings (SSSR count). The molecule has 2 aromatic rings. The number of carbonyl (C=O) groups is 2. The second-order valence-corrected chi connectivity index (χ2v) is 9.34. The van der Waals surface area contributed by atoms with E-state index in [0.717, 1.165) is 0 Å². The molecule has 31 heavy (non-hydrogen) atoms. The van der Waals surface area contributed by atoms with Crippen molar-refractivity contribution in [3.05, 3.63) is 67.6 Å². The van der Waals surface area contributed by atoms with Crippen molar-refractivity contribution < 1.29 is 9.59 Å². The topological polar surface area (TPSA) is 49.4 Å². The normalized spacial score (nSPS) is 12.0. The highest BCUT2D eigenvalue weighted by molar-refractivity contribution is 6.42. The Morgan fingerprint density at radius 3 is 2.16 bits per heavy atom. The zero-order valence-corrected chi connectivity index (χ0v) is 20.7. The summed E-state index contributed by atoms with van der Waals surface area (Å²) >= 11 is 24.8. The van der Waals surface area contributed by atoms with Gasteiger partial charge in [0.05, 0.1) is 16.5 Å². The van der Waals surface area contributed by atoms with Gasteiger partial charge in [-0.05, 0) is 42.2 Å². The number of nitrogens with zero attached hydrogens (tertiary/aromatic N) is 1. The van der Waals surface area contributed by atoms with Crippen LogP contribution in [-0.4, -0.2) is 29.3 Å². The fraction of sp³-hybridized carbons (Fsp3) is 0.391. The maximum Gasteiger partial charge on any atom is 0.242 e. The van der Waals surface area contributed by atoms with Crippen LogP contribution in [-0.2, 0) is 22.6 Å². The minimum absolute atomic E-state index is 0.0624. The highest BCUT2D eigenvalue weighted by Crippen LogP contribution is 2.28. The number of amides is 2. The third-order valence-corrected chi connectivity index (χ3v) is 6.25. The van der Waals surface area contributed by atoms with Gasteiger partial charge in [-0.1, -0.05) is 79.3 Å². The van der Waals surface area contributed by atoms with Crippen LogP contribution in [0.25, 0.3) is 0 Å². The highest BCUT2D eigenvalue weighted by atomic mass is 35.5. The number of halogens is 4. The lowest BCUT2D eigenvalue weighted by Gasteiger charge is -2.31. The molecule has 1 N–H and O–H groups in total. The van der Waals surface area contributed by atoms with Gasteiger partial charge in [0.2, 0.25) is 11.8 Å². The zero-order valence-electron chi connectivity index (χ0n) is 17.7. The van der Waals surface area contributed by atoms with Gasteiger partial charge in [-0.25, -0.2) is 0 Å². The van der Waals surface area contributed by atoms with E-state index in [2.05, 4.69) is 5.32 Å². The summed E-state index contributed by atoms with van der Waals surface area (Å²) in [5.41, 5.74) is 1.30. The number of rotatable bonds is 9. The molecule has 0 saturated carbocycles. The first-order chi connectivity index (χ1) is 14.6. The van der Waals surface area contributed by atoms with Crippen LogP contribution in [0.1, 0.15) is 38.3 Å². The molecule has 2 aromatic carbocycles. The predicted octanol–water partition coefficient (Wildman–Crippen LogP) is 6.42. The van der Waals surface area contributed by atoms with E-state index in [9.17, 15) is 9.59 Å². The van der Waals surface area contributed by atoms with Gasteiger partial charge in [-0.15, -0.1) is 0 Å². The lowest BCUT2D eigenvalue weighted by molar-refractivity contribution is -0.141. The second kappa shape index (κ2) is 12.0. The average molecular weight is 504 g/mol. The maximum atomic E-state index is 13.4. The van der Waals surface area contributed by atoms with E-state index in [-0.39, 0.29) is 24.8 Å². The van der Waals surface area contributed by atoms with E-state index in [1.807, 2.05) is 20.8 Å². The molecule has 4 nitrogen and oxygen atoms in total. The summed E-state index contributed by atoms with van der Waals surface area (Å²) in [7, 11) is 0. The van der Waals surface area contributed by atoms with Crippen molar-refractivity contribution in [2.45, 2.75) is 46.2 Å². The van der Waals surface area contributed by atoms with E-state index >= 15 is 0 Å². The molecule has 0 aliphatic heterocycles. The van der Waals surface area contributed by atoms with Gasteiger partial charge in [0.15, 0.2) is 0 Å². The van der Waals surface area contributed by atoms with E-state index in [0.29, 0.717) is 50.1 Å². The third-order valence-electron chi connectivity index (χ3n) is 4.80. The van der Waals surface area contributed by atoms with E-state index in [1.165, 1.54) is 4.90 Å². The average Bonchev–Trinajstić information content (AvgIpc) is 2.71. The monoisotopic (exact) mass is 502 g/mol. The fourth-order valence-corrected chi connectivity index (χ4v) is 3.96. The Hall–Kier alpha value is -1.46. The van der Waals surface area contributed by atoms with Gasteiger partial charge in [0.25, 0.3) is 0 Å². The molecule has 0 spiro atoms. The third kappa shape index (κ3) is 7.28. The lowest BCUT2D eigenvalue weighted by atomic mass is 10.1. The Bertz CT molecular complexity index is 914. The van der Waals surface area contributed by atoms with Crippen molar-refractivity contribution in [1.82, 2.24) is 10.2 Å². The molecule has 0 saturated heterocycles. The Labute approximate surface area is 203 Å². The first kappa shape index (κ1) is 25.8. The summed E-state index contributed by atoms with van der Waals surface area (Å²) < 4.78 is 0. The summed E-state index contributed by atoms with van der Waals surface area (Å²) in [6.45, 7) is 6.53. The summed E-state index contributed by atoms with van der Waals surface area (Å²) in [5, 5.41) is 4.59. The Kier molecular flexibility index (Phi) is 9.95. The molecule has 2 amide bonds. The highest BCUT2D eigenvalue weighted by Gasteiger charge is 2.29. The van der Waals surface area contributed by atoms with Gasteiger partial charge in [-0.3, -0.25) is 9.59 Å². The minimum Gasteiger partial charge on any atom is -0.354 e. The SMILES string of the molecule is CC[C@@H](C(=O)NCC(C)C)N(Cc1c(Cl)cccc1Cl)C(=O)Cc1ccc(Cl)c(Cl)c1. The van der Waals surface area contributed by atoms with Crippen LogP contribution in [0.4, 0.5) is 0 Å². The fourth-order valence-electron chi connectivity index (χ4n) is 3.12. The van der Waals surface area contributed by atoms with Gasteiger partial charge in [0.1, 0.15) is 6.04 Å². The molecule has 8 heteroatoms. The summed E-state index contributed by atoms with van der Waals surface area (Å²) in [6.07, 6.45) is 0.506. The standard InChI is InChI=1S/C23H26Cl4N2O2/c1-4-21(23(31)28-12-14(2)3)29(13-16-17(24)6-5-7-18(16)25)22(30)11-15-8-9-19(26)20(27)10-15/h5-10,14,21H,4,11-13H2,1-3H3,(H,28,31)/t21-/m0/s1. The number of benzene rings is 2. The van der Waals surface area contributed by atoms with Crippen molar-refractivity contribution >= 4 is 58.2 Å². The van der Waals surface area contributed by atoms with E-state index in [1.54, 1.807) is 36.4 Å². The van der Waals surface area contributed by atoms with Crippen LogP contribution in [0.3, 0.4) is 0 Å². The van der Waals surface area contributed by atoms with Gasteiger partial charge in [0, 0.05) is 28.7 Å². The van der Waals surface area contributed by atoms with Crippen molar-refractivity contribution in [2.75, 3.05) is 6.54 Å². The van der Waals surface area contributed by atoms with Crippen molar-refractivity contribution in [3.8, 4) is 0 Å². The molecule has 0 aromatic heterocycles. The molecule has 168 valence electrons. The summed E-state index contributed by atoms with van der Waals surface area (Å²) in [6, 6.07) is 9.54. The Morgan fingerprint density at radius 2 is 1.61 bits per heavy atom. The van der Waals surface area contributed by atoms with Crippen LogP contribution in [0.15, 0.2) is 36.4 Å². The molecule has 1 atom stereocenters. The van der Waals surface area contributed by atoms with Crippen molar-refractivity contribution in [3.63, 3.8) is 0 Å². The molecule has 0 aliphatic carbocycles. The number of nitrogens with one attached hydrogen (secondary N) is 1. The smallest absolute Gasteiger partial charge is 0.242 e. The molecule has 0 bridgehead atoms. The number of carbonyl (C=O) groups excluding carboxylic acids is 2. The molecule has 0 heterocycles. The molecule has 0 unspecified atom stereocenters. The van der Waals surface area contributed by atoms with E-state index in [4.69, 9.17) is 46.4 Å². The van der Waals surface area contributed by atoms with Crippen LogP contribution in [0, 0.1) is 5.92 Å². The van der Waals surface area contributed by atoms with Gasteiger partial charge in [-0.2, -0.15) is 0 Å². The molecular formula is C23H26Cl4N2O2. The summed E-state index contributed by atoms with van der Waals surface area (Å²) in [5.74, 6) is -0.150. The minimum atomic E-state index is -0.665. The molecule has 0 fully saturated rings. The first-order valence-corrected chi connectivity index (χ1v) is 11.6. The number of hydrogen-bond donors (Lipinski definition) is 1. The summed E-state index contributed by atoms with van der Waals surface area (Å²) in [4.78, 5) is 27.8. The Morgan fingerprint density at radius 1 is 0.968 bits per heavy atom. The van der Waals surface area contributed by atoms with E-state index < -0.39 is 6.04 Å². The van der Waals surface area contributed by atoms with Crippen LogP contribution in [0.5, 0.6) is 0 Å². The quantitative estimate of drug-likeness (QED) is 0.429. The van der Waals surface area contributed by atoms with Crippen LogP contribution >= 0.6 is 46.4 Å². The Balaban J connectivity index is 2.36.